The van der Waals surface area contributed by atoms with Crippen LogP contribution in [0.25, 0.3) is 0 Å². The van der Waals surface area contributed by atoms with Gasteiger partial charge in [-0.1, -0.05) is 50.3 Å². The third kappa shape index (κ3) is 2.71. The second-order valence-corrected chi connectivity index (χ2v) is 3.35. The molecule has 0 aliphatic carbocycles. The molecule has 0 aliphatic rings. The van der Waals surface area contributed by atoms with Crippen LogP contribution < -0.4 is 0 Å². The second kappa shape index (κ2) is 5.61. The van der Waals surface area contributed by atoms with Crippen molar-refractivity contribution in [3.05, 3.63) is 47.5 Å². The molecule has 76 valence electrons. The fourth-order valence-electron chi connectivity index (χ4n) is 1.56. The molecule has 0 saturated carbocycles. The van der Waals surface area contributed by atoms with Crippen LogP contribution in [0.15, 0.2) is 42.0 Å². The monoisotopic (exact) mass is 190 g/mol. The van der Waals surface area contributed by atoms with Gasteiger partial charge in [-0.2, -0.15) is 0 Å². The van der Waals surface area contributed by atoms with E-state index >= 15 is 0 Å². The Morgan fingerprint density at radius 2 is 1.93 bits per heavy atom. The smallest absolute Gasteiger partial charge is 0.100 e. The Hall–Kier alpha value is -1.08. The lowest BCUT2D eigenvalue weighted by molar-refractivity contribution is 0.211. The molecule has 0 saturated heterocycles. The highest BCUT2D eigenvalue weighted by atomic mass is 16.3. The van der Waals surface area contributed by atoms with Crippen LogP contribution >= 0.6 is 0 Å². The molecule has 0 amide bonds. The van der Waals surface area contributed by atoms with Crippen molar-refractivity contribution >= 4 is 0 Å². The number of allylic oxidation sites excluding steroid dienone is 1. The maximum Gasteiger partial charge on any atom is 0.100 e. The van der Waals surface area contributed by atoms with Gasteiger partial charge in [0.05, 0.1) is 0 Å². The summed E-state index contributed by atoms with van der Waals surface area (Å²) in [7, 11) is 0. The molecular weight excluding hydrogens is 172 g/mol. The molecule has 0 aliphatic heterocycles. The highest BCUT2D eigenvalue weighted by Crippen LogP contribution is 2.23. The van der Waals surface area contributed by atoms with Gasteiger partial charge in [0.1, 0.15) is 6.10 Å². The van der Waals surface area contributed by atoms with Gasteiger partial charge < -0.3 is 5.11 Å². The number of benzene rings is 1. The van der Waals surface area contributed by atoms with E-state index in [9.17, 15) is 5.11 Å². The molecule has 0 bridgehead atoms. The van der Waals surface area contributed by atoms with Gasteiger partial charge in [-0.25, -0.2) is 0 Å². The molecule has 0 heterocycles. The van der Waals surface area contributed by atoms with Crippen LogP contribution in [-0.2, 0) is 0 Å². The molecule has 1 unspecified atom stereocenters. The zero-order chi connectivity index (χ0) is 10.4. The van der Waals surface area contributed by atoms with Crippen molar-refractivity contribution in [2.75, 3.05) is 0 Å². The summed E-state index contributed by atoms with van der Waals surface area (Å²) < 4.78 is 0. The van der Waals surface area contributed by atoms with Gasteiger partial charge >= 0.3 is 0 Å². The average Bonchev–Trinajstić information content (AvgIpc) is 2.26. The molecule has 0 radical (unpaired) electrons. The Balaban J connectivity index is 2.83. The third-order valence-electron chi connectivity index (χ3n) is 2.34. The van der Waals surface area contributed by atoms with Crippen molar-refractivity contribution in [3.8, 4) is 0 Å². The minimum atomic E-state index is -0.429. The van der Waals surface area contributed by atoms with Crippen molar-refractivity contribution in [2.24, 2.45) is 0 Å². The van der Waals surface area contributed by atoms with E-state index in [1.807, 2.05) is 30.3 Å². The molecule has 0 spiro atoms. The quantitative estimate of drug-likeness (QED) is 0.721. The lowest BCUT2D eigenvalue weighted by Gasteiger charge is -2.13. The minimum Gasteiger partial charge on any atom is -0.384 e. The second-order valence-electron chi connectivity index (χ2n) is 3.35. The Kier molecular flexibility index (Phi) is 4.41. The van der Waals surface area contributed by atoms with E-state index < -0.39 is 6.10 Å². The maximum absolute atomic E-state index is 10.0. The first kappa shape index (κ1) is 11.0. The summed E-state index contributed by atoms with van der Waals surface area (Å²) in [6.45, 7) is 4.17. The summed E-state index contributed by atoms with van der Waals surface area (Å²) in [4.78, 5) is 0. The number of rotatable bonds is 4. The summed E-state index contributed by atoms with van der Waals surface area (Å²) in [6, 6.07) is 9.80. The van der Waals surface area contributed by atoms with Crippen LogP contribution in [-0.4, -0.2) is 5.11 Å². The molecule has 1 rings (SSSR count). The van der Waals surface area contributed by atoms with Crippen molar-refractivity contribution in [3.63, 3.8) is 0 Å². The minimum absolute atomic E-state index is 0.429. The van der Waals surface area contributed by atoms with E-state index in [2.05, 4.69) is 19.9 Å². The molecule has 1 aromatic rings. The molecule has 1 atom stereocenters. The Labute approximate surface area is 86.1 Å². The van der Waals surface area contributed by atoms with E-state index in [1.165, 1.54) is 0 Å². The van der Waals surface area contributed by atoms with E-state index in [0.29, 0.717) is 0 Å². The van der Waals surface area contributed by atoms with Crippen molar-refractivity contribution in [1.82, 2.24) is 0 Å². The predicted octanol–water partition coefficient (Wildman–Crippen LogP) is 3.47. The summed E-state index contributed by atoms with van der Waals surface area (Å²) in [5.74, 6) is 0. The first-order valence-corrected chi connectivity index (χ1v) is 5.21. The summed E-state index contributed by atoms with van der Waals surface area (Å²) in [5.41, 5.74) is 2.09. The Morgan fingerprint density at radius 1 is 1.29 bits per heavy atom. The van der Waals surface area contributed by atoms with Gasteiger partial charge in [0.2, 0.25) is 0 Å². The molecular formula is C13H18O. The normalized spacial score (nSPS) is 14.1. The number of aliphatic hydroxyl groups is 1. The molecule has 0 aromatic heterocycles. The Bertz CT molecular complexity index is 287. The topological polar surface area (TPSA) is 20.2 Å². The van der Waals surface area contributed by atoms with Crippen LogP contribution in [0.5, 0.6) is 0 Å². The standard InChI is InChI=1S/C13H18O/c1-3-8-11(4-2)13(14)12-9-6-5-7-10-12/h5-10,13-14H,3-4H2,1-2H3/b11-8-. The molecule has 14 heavy (non-hydrogen) atoms. The van der Waals surface area contributed by atoms with Gasteiger partial charge in [-0.3, -0.25) is 0 Å². The summed E-state index contributed by atoms with van der Waals surface area (Å²) >= 11 is 0. The molecule has 1 aromatic carbocycles. The molecule has 1 N–H and O–H groups in total. The number of hydrogen-bond donors (Lipinski definition) is 1. The first-order chi connectivity index (χ1) is 6.79. The predicted molar refractivity (Wildman–Crippen MR) is 60.1 cm³/mol. The van der Waals surface area contributed by atoms with E-state index in [1.54, 1.807) is 0 Å². The van der Waals surface area contributed by atoms with Gasteiger partial charge in [-0.05, 0) is 24.0 Å². The van der Waals surface area contributed by atoms with Crippen LogP contribution in [0.4, 0.5) is 0 Å². The lowest BCUT2D eigenvalue weighted by Crippen LogP contribution is -2.00. The van der Waals surface area contributed by atoms with Gasteiger partial charge in [0, 0.05) is 0 Å². The van der Waals surface area contributed by atoms with Crippen LogP contribution in [0.2, 0.25) is 0 Å². The molecule has 1 nitrogen and oxygen atoms in total. The zero-order valence-corrected chi connectivity index (χ0v) is 8.90. The van der Waals surface area contributed by atoms with Gasteiger partial charge in [-0.15, -0.1) is 0 Å². The summed E-state index contributed by atoms with van der Waals surface area (Å²) in [5, 5.41) is 10.0. The largest absolute Gasteiger partial charge is 0.384 e. The van der Waals surface area contributed by atoms with Crippen molar-refractivity contribution in [2.45, 2.75) is 32.8 Å². The van der Waals surface area contributed by atoms with Crippen LogP contribution in [0, 0.1) is 0 Å². The SMILES string of the molecule is CC/C=C(/CC)C(O)c1ccccc1. The first-order valence-electron chi connectivity index (χ1n) is 5.21. The third-order valence-corrected chi connectivity index (χ3v) is 2.34. The van der Waals surface area contributed by atoms with Crippen molar-refractivity contribution in [1.29, 1.82) is 0 Å². The number of hydrogen-bond acceptors (Lipinski definition) is 1. The molecule has 1 heteroatoms. The van der Waals surface area contributed by atoms with Gasteiger partial charge in [0.25, 0.3) is 0 Å². The average molecular weight is 190 g/mol. The zero-order valence-electron chi connectivity index (χ0n) is 8.90. The highest BCUT2D eigenvalue weighted by Gasteiger charge is 2.09. The number of aliphatic hydroxyl groups excluding tert-OH is 1. The fraction of sp³-hybridized carbons (Fsp3) is 0.385. The summed E-state index contributed by atoms with van der Waals surface area (Å²) in [6.07, 6.45) is 3.57. The van der Waals surface area contributed by atoms with E-state index in [-0.39, 0.29) is 0 Å². The fourth-order valence-corrected chi connectivity index (χ4v) is 1.56. The van der Waals surface area contributed by atoms with E-state index in [4.69, 9.17) is 0 Å². The van der Waals surface area contributed by atoms with Crippen LogP contribution in [0.3, 0.4) is 0 Å². The molecule has 0 fully saturated rings. The Morgan fingerprint density at radius 3 is 2.43 bits per heavy atom. The van der Waals surface area contributed by atoms with Crippen LogP contribution in [0.1, 0.15) is 38.4 Å². The van der Waals surface area contributed by atoms with Crippen molar-refractivity contribution < 1.29 is 5.11 Å². The maximum atomic E-state index is 10.0. The van der Waals surface area contributed by atoms with Gasteiger partial charge in [0.15, 0.2) is 0 Å². The van der Waals surface area contributed by atoms with E-state index in [0.717, 1.165) is 24.0 Å². The lowest BCUT2D eigenvalue weighted by atomic mass is 9.99. The highest BCUT2D eigenvalue weighted by molar-refractivity contribution is 5.25.